The van der Waals surface area contributed by atoms with Gasteiger partial charge in [0.2, 0.25) is 12.2 Å². The zero-order valence-corrected chi connectivity index (χ0v) is 11.2. The Morgan fingerprint density at radius 2 is 0.800 bits per heavy atom. The van der Waals surface area contributed by atoms with Crippen molar-refractivity contribution < 1.29 is 72.8 Å². The normalized spacial score (nSPS) is 12.8. The summed E-state index contributed by atoms with van der Waals surface area (Å²) in [5.41, 5.74) is 0. The van der Waals surface area contributed by atoms with Crippen LogP contribution in [0.2, 0.25) is 0 Å². The topological polar surface area (TPSA) is 77.8 Å². The molecular formula is C9H8F12O4. The third-order valence-corrected chi connectivity index (χ3v) is 1.41. The standard InChI is InChI=1S/2C3H2F6O.C3H4O2/c2*4-2(5,6)1(10)3(7,8)9;1-2-3(4)5/h2*1,10H;2H,1H2,(H,4,5). The minimum absolute atomic E-state index is 0.833. The van der Waals surface area contributed by atoms with E-state index in [4.69, 9.17) is 15.3 Å². The van der Waals surface area contributed by atoms with E-state index in [1.54, 1.807) is 0 Å². The third kappa shape index (κ3) is 15.6. The number of alkyl halides is 12. The Bertz CT molecular complexity index is 347. The first-order valence-electron chi connectivity index (χ1n) is 5.06. The van der Waals surface area contributed by atoms with Gasteiger partial charge in [0.15, 0.2) is 0 Å². The number of halogens is 12. The first-order valence-corrected chi connectivity index (χ1v) is 5.06. The van der Waals surface area contributed by atoms with Crippen LogP contribution in [0.5, 0.6) is 0 Å². The maximum atomic E-state index is 11.0. The average molecular weight is 408 g/mol. The SMILES string of the molecule is C=CC(=O)O.OC(C(F)(F)F)C(F)(F)F.OC(C(F)(F)F)C(F)(F)F. The van der Waals surface area contributed by atoms with Gasteiger partial charge in [-0.15, -0.1) is 0 Å². The van der Waals surface area contributed by atoms with Crippen molar-refractivity contribution in [3.8, 4) is 0 Å². The second-order valence-electron chi connectivity index (χ2n) is 3.51. The minimum atomic E-state index is -5.63. The molecule has 0 bridgehead atoms. The predicted molar refractivity (Wildman–Crippen MR) is 54.1 cm³/mol. The molecule has 0 aromatic carbocycles. The molecule has 0 saturated heterocycles. The maximum absolute atomic E-state index is 11.0. The number of carboxylic acid groups (broad SMARTS) is 1. The highest BCUT2D eigenvalue weighted by molar-refractivity contribution is 5.78. The largest absolute Gasteiger partial charge is 0.478 e. The smallest absolute Gasteiger partial charge is 0.423 e. The van der Waals surface area contributed by atoms with E-state index in [1.807, 2.05) is 0 Å². The van der Waals surface area contributed by atoms with Gasteiger partial charge in [-0.1, -0.05) is 6.58 Å². The number of carbonyl (C=O) groups is 1. The van der Waals surface area contributed by atoms with E-state index in [9.17, 15) is 57.5 Å². The first kappa shape index (κ1) is 28.1. The van der Waals surface area contributed by atoms with Gasteiger partial charge in [0.1, 0.15) is 0 Å². The number of aliphatic carboxylic acids is 1. The lowest BCUT2D eigenvalue weighted by Crippen LogP contribution is -2.41. The highest BCUT2D eigenvalue weighted by Gasteiger charge is 2.56. The van der Waals surface area contributed by atoms with Crippen LogP contribution in [0.4, 0.5) is 52.7 Å². The van der Waals surface area contributed by atoms with Crippen molar-refractivity contribution in [1.82, 2.24) is 0 Å². The molecule has 0 amide bonds. The van der Waals surface area contributed by atoms with Gasteiger partial charge >= 0.3 is 30.7 Å². The maximum Gasteiger partial charge on any atom is 0.423 e. The number of rotatable bonds is 1. The van der Waals surface area contributed by atoms with Gasteiger partial charge in [-0.05, 0) is 0 Å². The molecule has 3 N–H and O–H groups in total. The predicted octanol–water partition coefficient (Wildman–Crippen LogP) is 3.20. The van der Waals surface area contributed by atoms with Crippen LogP contribution in [0.1, 0.15) is 0 Å². The van der Waals surface area contributed by atoms with Crippen LogP contribution in [0.3, 0.4) is 0 Å². The molecule has 25 heavy (non-hydrogen) atoms. The molecule has 4 nitrogen and oxygen atoms in total. The van der Waals surface area contributed by atoms with Gasteiger partial charge in [-0.3, -0.25) is 0 Å². The van der Waals surface area contributed by atoms with Crippen LogP contribution in [0.25, 0.3) is 0 Å². The molecule has 0 aromatic heterocycles. The van der Waals surface area contributed by atoms with Crippen LogP contribution in [-0.4, -0.2) is 58.2 Å². The molecule has 0 saturated carbocycles. The fourth-order valence-electron chi connectivity index (χ4n) is 0.371. The minimum Gasteiger partial charge on any atom is -0.478 e. The van der Waals surface area contributed by atoms with Crippen molar-refractivity contribution in [2.24, 2.45) is 0 Å². The summed E-state index contributed by atoms with van der Waals surface area (Å²) in [5, 5.41) is 22.5. The molecule has 0 fully saturated rings. The van der Waals surface area contributed by atoms with E-state index in [2.05, 4.69) is 6.58 Å². The Morgan fingerprint density at radius 1 is 0.680 bits per heavy atom. The van der Waals surface area contributed by atoms with Gasteiger partial charge in [-0.25, -0.2) is 4.79 Å². The summed E-state index contributed by atoms with van der Waals surface area (Å²) in [7, 11) is 0. The van der Waals surface area contributed by atoms with Gasteiger partial charge in [-0.2, -0.15) is 52.7 Å². The van der Waals surface area contributed by atoms with Crippen molar-refractivity contribution in [3.05, 3.63) is 12.7 Å². The Kier molecular flexibility index (Phi) is 10.9. The Balaban J connectivity index is -0.000000308. The second-order valence-corrected chi connectivity index (χ2v) is 3.51. The molecule has 0 aromatic rings. The summed E-state index contributed by atoms with van der Waals surface area (Å²) >= 11 is 0. The number of carboxylic acids is 1. The summed E-state index contributed by atoms with van der Waals surface area (Å²) in [5.74, 6) is -0.981. The molecule has 0 spiro atoms. The van der Waals surface area contributed by atoms with Crippen LogP contribution in [0.15, 0.2) is 12.7 Å². The summed E-state index contributed by atoms with van der Waals surface area (Å²) in [6.07, 6.45) is -30.1. The van der Waals surface area contributed by atoms with Crippen LogP contribution in [-0.2, 0) is 4.79 Å². The van der Waals surface area contributed by atoms with Crippen LogP contribution >= 0.6 is 0 Å². The van der Waals surface area contributed by atoms with Gasteiger partial charge in [0.05, 0.1) is 0 Å². The fourth-order valence-corrected chi connectivity index (χ4v) is 0.371. The zero-order valence-electron chi connectivity index (χ0n) is 11.2. The lowest BCUT2D eigenvalue weighted by atomic mass is 10.3. The van der Waals surface area contributed by atoms with E-state index in [-0.39, 0.29) is 0 Å². The molecule has 0 unspecified atom stereocenters. The number of aliphatic hydroxyl groups excluding tert-OH is 2. The van der Waals surface area contributed by atoms with Crippen molar-refractivity contribution in [1.29, 1.82) is 0 Å². The van der Waals surface area contributed by atoms with E-state index in [0.29, 0.717) is 0 Å². The summed E-state index contributed by atoms with van der Waals surface area (Å²) < 4.78 is 132. The van der Waals surface area contributed by atoms with Gasteiger partial charge in [0, 0.05) is 6.08 Å². The molecule has 0 atom stereocenters. The summed E-state index contributed by atoms with van der Waals surface area (Å²) in [6.45, 7) is 2.96. The Morgan fingerprint density at radius 3 is 0.800 bits per heavy atom. The average Bonchev–Trinajstić information content (AvgIpc) is 2.34. The molecule has 0 aliphatic heterocycles. The van der Waals surface area contributed by atoms with E-state index in [0.717, 1.165) is 6.08 Å². The highest BCUT2D eigenvalue weighted by atomic mass is 19.4. The van der Waals surface area contributed by atoms with Gasteiger partial charge < -0.3 is 15.3 Å². The van der Waals surface area contributed by atoms with Crippen molar-refractivity contribution >= 4 is 5.97 Å². The first-order chi connectivity index (χ1) is 10.6. The molecule has 152 valence electrons. The molecular weight excluding hydrogens is 400 g/mol. The lowest BCUT2D eigenvalue weighted by molar-refractivity contribution is -0.309. The van der Waals surface area contributed by atoms with Crippen LogP contribution in [0, 0.1) is 0 Å². The van der Waals surface area contributed by atoms with Crippen LogP contribution < -0.4 is 0 Å². The number of hydrogen-bond acceptors (Lipinski definition) is 3. The molecule has 0 radical (unpaired) electrons. The number of aliphatic hydroxyl groups is 2. The summed E-state index contributed by atoms with van der Waals surface area (Å²) in [4.78, 5) is 9.25. The highest BCUT2D eigenvalue weighted by Crippen LogP contribution is 2.33. The monoisotopic (exact) mass is 408 g/mol. The lowest BCUT2D eigenvalue weighted by Gasteiger charge is -2.16. The van der Waals surface area contributed by atoms with Crippen molar-refractivity contribution in [2.45, 2.75) is 36.9 Å². The molecule has 0 rings (SSSR count). The second kappa shape index (κ2) is 9.69. The zero-order chi connectivity index (χ0) is 21.4. The van der Waals surface area contributed by atoms with Gasteiger partial charge in [0.25, 0.3) is 0 Å². The van der Waals surface area contributed by atoms with E-state index < -0.39 is 42.9 Å². The Hall–Kier alpha value is -1.71. The van der Waals surface area contributed by atoms with E-state index >= 15 is 0 Å². The Labute approximate surface area is 130 Å². The number of hydrogen-bond donors (Lipinski definition) is 3. The molecule has 0 aliphatic carbocycles. The van der Waals surface area contributed by atoms with E-state index in [1.165, 1.54) is 0 Å². The quantitative estimate of drug-likeness (QED) is 0.460. The molecule has 0 aliphatic rings. The molecule has 0 heterocycles. The summed E-state index contributed by atoms with van der Waals surface area (Å²) in [6, 6.07) is 0. The van der Waals surface area contributed by atoms with Crippen molar-refractivity contribution in [2.75, 3.05) is 0 Å². The molecule has 16 heteroatoms. The van der Waals surface area contributed by atoms with Crippen molar-refractivity contribution in [3.63, 3.8) is 0 Å². The fraction of sp³-hybridized carbons (Fsp3) is 0.667. The third-order valence-electron chi connectivity index (χ3n) is 1.41.